The van der Waals surface area contributed by atoms with Gasteiger partial charge in [-0.05, 0) is 37.8 Å². The molecule has 0 aromatic carbocycles. The van der Waals surface area contributed by atoms with Crippen LogP contribution in [-0.4, -0.2) is 42.7 Å². The fourth-order valence-corrected chi connectivity index (χ4v) is 2.96. The molecule has 3 rings (SSSR count). The maximum absolute atomic E-state index is 12.3. The highest BCUT2D eigenvalue weighted by Gasteiger charge is 2.30. The fourth-order valence-electron chi connectivity index (χ4n) is 2.96. The first-order chi connectivity index (χ1) is 10.3. The van der Waals surface area contributed by atoms with E-state index in [-0.39, 0.29) is 12.0 Å². The van der Waals surface area contributed by atoms with Crippen LogP contribution in [0.1, 0.15) is 25.7 Å². The number of nitrogens with two attached hydrogens (primary N) is 1. The van der Waals surface area contributed by atoms with Crippen LogP contribution in [0.25, 0.3) is 0 Å². The first-order valence-electron chi connectivity index (χ1n) is 7.64. The van der Waals surface area contributed by atoms with E-state index in [4.69, 9.17) is 10.5 Å². The van der Waals surface area contributed by atoms with Crippen molar-refractivity contribution in [3.63, 3.8) is 0 Å². The summed E-state index contributed by atoms with van der Waals surface area (Å²) in [5, 5.41) is 2.97. The van der Waals surface area contributed by atoms with E-state index in [9.17, 15) is 4.79 Å². The number of pyridine rings is 1. The summed E-state index contributed by atoms with van der Waals surface area (Å²) >= 11 is 0. The van der Waals surface area contributed by atoms with Crippen molar-refractivity contribution in [2.24, 2.45) is 5.73 Å². The molecule has 6 heteroatoms. The van der Waals surface area contributed by atoms with Crippen LogP contribution in [0.15, 0.2) is 18.3 Å². The third-order valence-corrected chi connectivity index (χ3v) is 4.11. The minimum Gasteiger partial charge on any atom is -0.364 e. The van der Waals surface area contributed by atoms with Crippen LogP contribution in [0, 0.1) is 0 Å². The van der Waals surface area contributed by atoms with E-state index in [1.807, 2.05) is 12.1 Å². The molecule has 3 heterocycles. The number of ether oxygens (including phenoxy) is 1. The number of anilines is 2. The Morgan fingerprint density at radius 1 is 1.43 bits per heavy atom. The molecule has 114 valence electrons. The Kier molecular flexibility index (Phi) is 4.36. The normalized spacial score (nSPS) is 25.3. The summed E-state index contributed by atoms with van der Waals surface area (Å²) < 4.78 is 5.64. The fraction of sp³-hybridized carbons (Fsp3) is 0.600. The predicted octanol–water partition coefficient (Wildman–Crippen LogP) is 1.13. The molecule has 0 spiro atoms. The van der Waals surface area contributed by atoms with E-state index in [2.05, 4.69) is 15.2 Å². The first kappa shape index (κ1) is 14.3. The second-order valence-electron chi connectivity index (χ2n) is 5.62. The molecule has 2 aliphatic heterocycles. The minimum atomic E-state index is -0.398. The molecule has 2 aliphatic rings. The van der Waals surface area contributed by atoms with Crippen molar-refractivity contribution >= 4 is 17.4 Å². The van der Waals surface area contributed by atoms with Crippen molar-refractivity contribution in [2.75, 3.05) is 29.9 Å². The molecule has 6 nitrogen and oxygen atoms in total. The van der Waals surface area contributed by atoms with Gasteiger partial charge in [-0.3, -0.25) is 4.79 Å². The summed E-state index contributed by atoms with van der Waals surface area (Å²) in [4.78, 5) is 19.0. The predicted molar refractivity (Wildman–Crippen MR) is 81.3 cm³/mol. The van der Waals surface area contributed by atoms with Crippen LogP contribution < -0.4 is 16.0 Å². The lowest BCUT2D eigenvalue weighted by molar-refractivity contribution is -0.126. The Balaban J connectivity index is 1.68. The van der Waals surface area contributed by atoms with Gasteiger partial charge in [0, 0.05) is 25.8 Å². The zero-order valence-corrected chi connectivity index (χ0v) is 12.1. The summed E-state index contributed by atoms with van der Waals surface area (Å²) in [6.07, 6.45) is 5.30. The molecule has 0 aliphatic carbocycles. The van der Waals surface area contributed by atoms with Gasteiger partial charge in [0.2, 0.25) is 0 Å². The number of nitrogens with zero attached hydrogens (tertiary/aromatic N) is 2. The van der Waals surface area contributed by atoms with E-state index < -0.39 is 6.10 Å². The smallest absolute Gasteiger partial charge is 0.253 e. The number of hydrogen-bond donors (Lipinski definition) is 2. The maximum atomic E-state index is 12.3. The summed E-state index contributed by atoms with van der Waals surface area (Å²) in [7, 11) is 0. The number of aromatic nitrogens is 1. The monoisotopic (exact) mass is 290 g/mol. The highest BCUT2D eigenvalue weighted by molar-refractivity contribution is 5.96. The largest absolute Gasteiger partial charge is 0.364 e. The number of rotatable bonds is 4. The van der Waals surface area contributed by atoms with E-state index in [0.717, 1.165) is 37.4 Å². The lowest BCUT2D eigenvalue weighted by Crippen LogP contribution is -2.31. The third kappa shape index (κ3) is 3.16. The quantitative estimate of drug-likeness (QED) is 0.869. The van der Waals surface area contributed by atoms with Gasteiger partial charge in [-0.15, -0.1) is 0 Å². The second kappa shape index (κ2) is 6.41. The van der Waals surface area contributed by atoms with Crippen LogP contribution >= 0.6 is 0 Å². The Bertz CT molecular complexity index is 502. The van der Waals surface area contributed by atoms with Crippen molar-refractivity contribution in [1.82, 2.24) is 4.98 Å². The average Bonchev–Trinajstić information content (AvgIpc) is 3.19. The Morgan fingerprint density at radius 3 is 2.95 bits per heavy atom. The molecule has 1 aromatic rings. The highest BCUT2D eigenvalue weighted by atomic mass is 16.5. The molecule has 21 heavy (non-hydrogen) atoms. The zero-order chi connectivity index (χ0) is 14.7. The molecule has 0 bridgehead atoms. The van der Waals surface area contributed by atoms with Crippen LogP contribution in [0.5, 0.6) is 0 Å². The summed E-state index contributed by atoms with van der Waals surface area (Å²) in [6.45, 7) is 2.46. The molecular formula is C15H22N4O2. The van der Waals surface area contributed by atoms with Crippen molar-refractivity contribution < 1.29 is 9.53 Å². The van der Waals surface area contributed by atoms with Crippen molar-refractivity contribution in [3.05, 3.63) is 18.3 Å². The zero-order valence-electron chi connectivity index (χ0n) is 12.1. The van der Waals surface area contributed by atoms with Gasteiger partial charge >= 0.3 is 0 Å². The Labute approximate surface area is 124 Å². The number of hydrogen-bond acceptors (Lipinski definition) is 5. The topological polar surface area (TPSA) is 80.5 Å². The number of carbonyl (C=O) groups is 1. The number of carbonyl (C=O) groups excluding carboxylic acids is 1. The van der Waals surface area contributed by atoms with E-state index in [1.54, 1.807) is 6.20 Å². The van der Waals surface area contributed by atoms with Crippen LogP contribution in [-0.2, 0) is 9.53 Å². The molecule has 0 saturated carbocycles. The van der Waals surface area contributed by atoms with Gasteiger partial charge in [0.25, 0.3) is 5.91 Å². The van der Waals surface area contributed by atoms with Crippen molar-refractivity contribution in [1.29, 1.82) is 0 Å². The minimum absolute atomic E-state index is 0.00713. The van der Waals surface area contributed by atoms with E-state index in [1.165, 1.54) is 12.8 Å². The molecular weight excluding hydrogens is 268 g/mol. The number of amides is 1. The first-order valence-corrected chi connectivity index (χ1v) is 7.64. The molecule has 3 N–H and O–H groups in total. The summed E-state index contributed by atoms with van der Waals surface area (Å²) in [5.74, 6) is 0.760. The summed E-state index contributed by atoms with van der Waals surface area (Å²) in [6, 6.07) is 3.74. The lowest BCUT2D eigenvalue weighted by Gasteiger charge is -2.21. The molecule has 2 unspecified atom stereocenters. The molecule has 2 saturated heterocycles. The van der Waals surface area contributed by atoms with E-state index >= 15 is 0 Å². The second-order valence-corrected chi connectivity index (χ2v) is 5.62. The van der Waals surface area contributed by atoms with Crippen LogP contribution in [0.3, 0.4) is 0 Å². The van der Waals surface area contributed by atoms with Gasteiger partial charge in [-0.2, -0.15) is 0 Å². The van der Waals surface area contributed by atoms with Gasteiger partial charge < -0.3 is 20.7 Å². The summed E-state index contributed by atoms with van der Waals surface area (Å²) in [5.41, 5.74) is 6.35. The molecule has 2 fully saturated rings. The SMILES string of the molecule is NCC1CCC(C(=O)Nc2cccnc2N2CCCC2)O1. The van der Waals surface area contributed by atoms with Crippen molar-refractivity contribution in [3.8, 4) is 0 Å². The maximum Gasteiger partial charge on any atom is 0.253 e. The Hall–Kier alpha value is -1.66. The van der Waals surface area contributed by atoms with Gasteiger partial charge in [0.05, 0.1) is 11.8 Å². The lowest BCUT2D eigenvalue weighted by atomic mass is 10.2. The standard InChI is InChI=1S/C15H22N4O2/c16-10-11-5-6-13(21-11)15(20)18-12-4-3-7-17-14(12)19-8-1-2-9-19/h3-4,7,11,13H,1-2,5-6,8-10,16H2,(H,18,20). The Morgan fingerprint density at radius 2 is 2.24 bits per heavy atom. The van der Waals surface area contributed by atoms with Crippen LogP contribution in [0.4, 0.5) is 11.5 Å². The van der Waals surface area contributed by atoms with Gasteiger partial charge in [0.1, 0.15) is 6.10 Å². The molecule has 1 aromatic heterocycles. The van der Waals surface area contributed by atoms with Crippen LogP contribution in [0.2, 0.25) is 0 Å². The van der Waals surface area contributed by atoms with Crippen molar-refractivity contribution in [2.45, 2.75) is 37.9 Å². The average molecular weight is 290 g/mol. The van der Waals surface area contributed by atoms with Gasteiger partial charge in [-0.25, -0.2) is 4.98 Å². The molecule has 0 radical (unpaired) electrons. The molecule has 1 amide bonds. The number of nitrogens with one attached hydrogen (secondary N) is 1. The molecule has 2 atom stereocenters. The van der Waals surface area contributed by atoms with Gasteiger partial charge in [-0.1, -0.05) is 0 Å². The van der Waals surface area contributed by atoms with Gasteiger partial charge in [0.15, 0.2) is 5.82 Å². The third-order valence-electron chi connectivity index (χ3n) is 4.11. The van der Waals surface area contributed by atoms with E-state index in [0.29, 0.717) is 6.54 Å². The highest BCUT2D eigenvalue weighted by Crippen LogP contribution is 2.27.